The zero-order chi connectivity index (χ0) is 35.5. The zero-order valence-corrected chi connectivity index (χ0v) is 29.9. The van der Waals surface area contributed by atoms with Crippen LogP contribution in [-0.4, -0.2) is 72.8 Å². The van der Waals surface area contributed by atoms with Gasteiger partial charge in [0.25, 0.3) is 0 Å². The molecule has 4 amide bonds. The number of nitrogens with zero attached hydrogens (tertiary/aromatic N) is 4. The molecular weight excluding hydrogens is 638 g/mol. The van der Waals surface area contributed by atoms with Crippen LogP contribution in [0.4, 0.5) is 9.59 Å². The van der Waals surface area contributed by atoms with Gasteiger partial charge in [0.05, 0.1) is 6.42 Å². The van der Waals surface area contributed by atoms with Crippen LogP contribution in [0.5, 0.6) is 0 Å². The highest BCUT2D eigenvalue weighted by Crippen LogP contribution is 2.21. The number of amides is 4. The Kier molecular flexibility index (Phi) is 18.0. The van der Waals surface area contributed by atoms with Crippen LogP contribution < -0.4 is 16.0 Å². The standard InChI is InChI=1S/C34H54ClN7O6/c1-24(2)19-25(20-31(44)48-34(3,4)5)21-38-32(45)40-27(15-16-30(43)42-18-10-13-28(42)22-39-41-36)12-8-9-17-37-33(46)47-23-26-11-6-7-14-29(26)35/h6-7,11,14,24-25,27-28H,8-10,12-13,15-23H2,1-5H3,(H,37,46)(H2,38,40,45)/t25-,27+,28+/m1/s1. The maximum Gasteiger partial charge on any atom is 0.407 e. The van der Waals surface area contributed by atoms with Crippen LogP contribution in [-0.2, 0) is 25.7 Å². The molecule has 3 N–H and O–H groups in total. The molecule has 0 aliphatic carbocycles. The molecule has 1 aromatic rings. The fourth-order valence-corrected chi connectivity index (χ4v) is 5.92. The van der Waals surface area contributed by atoms with Gasteiger partial charge in [-0.2, -0.15) is 0 Å². The number of unbranched alkanes of at least 4 members (excludes halogenated alkanes) is 1. The lowest BCUT2D eigenvalue weighted by atomic mass is 9.94. The molecule has 0 bridgehead atoms. The smallest absolute Gasteiger partial charge is 0.407 e. The first-order valence-electron chi connectivity index (χ1n) is 17.0. The molecule has 0 unspecified atom stereocenters. The molecule has 0 aromatic heterocycles. The molecule has 1 aliphatic heterocycles. The van der Waals surface area contributed by atoms with Crippen LogP contribution in [0.2, 0.25) is 5.02 Å². The third-order valence-corrected chi connectivity index (χ3v) is 8.26. The summed E-state index contributed by atoms with van der Waals surface area (Å²) >= 11 is 6.12. The number of halogens is 1. The molecule has 1 aromatic carbocycles. The van der Waals surface area contributed by atoms with Crippen LogP contribution in [0.3, 0.4) is 0 Å². The van der Waals surface area contributed by atoms with Crippen molar-refractivity contribution >= 4 is 35.6 Å². The lowest BCUT2D eigenvalue weighted by molar-refractivity contribution is -0.156. The Balaban J connectivity index is 1.91. The summed E-state index contributed by atoms with van der Waals surface area (Å²) in [5, 5.41) is 12.9. The van der Waals surface area contributed by atoms with E-state index in [0.29, 0.717) is 56.3 Å². The van der Waals surface area contributed by atoms with Gasteiger partial charge in [-0.05, 0) is 89.2 Å². The SMILES string of the molecule is CC(C)C[C@@H](CNC(=O)N[C@@H](CCCCNC(=O)OCc1ccccc1Cl)CCC(=O)N1CCC[C@H]1CN=[N+]=[N-])CC(=O)OC(C)(C)C. The topological polar surface area (TPSA) is 175 Å². The van der Waals surface area contributed by atoms with Crippen LogP contribution in [0.15, 0.2) is 29.4 Å². The molecule has 0 spiro atoms. The summed E-state index contributed by atoms with van der Waals surface area (Å²) in [5.74, 6) is -0.0854. The highest BCUT2D eigenvalue weighted by atomic mass is 35.5. The predicted octanol–water partition coefficient (Wildman–Crippen LogP) is 6.88. The van der Waals surface area contributed by atoms with E-state index in [9.17, 15) is 19.2 Å². The third-order valence-electron chi connectivity index (χ3n) is 7.89. The summed E-state index contributed by atoms with van der Waals surface area (Å²) in [7, 11) is 0. The molecule has 1 aliphatic rings. The van der Waals surface area contributed by atoms with Crippen molar-refractivity contribution in [2.45, 2.75) is 117 Å². The predicted molar refractivity (Wildman–Crippen MR) is 185 cm³/mol. The van der Waals surface area contributed by atoms with Gasteiger partial charge in [0.15, 0.2) is 0 Å². The number of alkyl carbamates (subject to hydrolysis) is 1. The number of azide groups is 1. The molecule has 2 rings (SSSR count). The first kappa shape index (κ1) is 40.5. The number of hydrogen-bond acceptors (Lipinski definition) is 7. The summed E-state index contributed by atoms with van der Waals surface area (Å²) in [6, 6.07) is 6.38. The number of carbonyl (C=O) groups excluding carboxylic acids is 4. The van der Waals surface area contributed by atoms with Gasteiger partial charge in [0.1, 0.15) is 12.2 Å². The summed E-state index contributed by atoms with van der Waals surface area (Å²) in [4.78, 5) is 55.4. The molecule has 0 saturated carbocycles. The van der Waals surface area contributed by atoms with Gasteiger partial charge in [-0.15, -0.1) is 0 Å². The van der Waals surface area contributed by atoms with Crippen molar-refractivity contribution in [2.24, 2.45) is 17.0 Å². The minimum absolute atomic E-state index is 0.0323. The third kappa shape index (κ3) is 16.9. The lowest BCUT2D eigenvalue weighted by Crippen LogP contribution is -2.45. The van der Waals surface area contributed by atoms with E-state index >= 15 is 0 Å². The van der Waals surface area contributed by atoms with Crippen LogP contribution >= 0.6 is 11.6 Å². The number of rotatable bonds is 19. The fraction of sp³-hybridized carbons (Fsp3) is 0.706. The van der Waals surface area contributed by atoms with Crippen LogP contribution in [0, 0.1) is 11.8 Å². The number of ether oxygens (including phenoxy) is 2. The fourth-order valence-electron chi connectivity index (χ4n) is 5.73. The van der Waals surface area contributed by atoms with E-state index in [4.69, 9.17) is 26.6 Å². The van der Waals surface area contributed by atoms with Gasteiger partial charge in [-0.1, -0.05) is 48.8 Å². The van der Waals surface area contributed by atoms with Crippen molar-refractivity contribution in [3.8, 4) is 0 Å². The number of benzene rings is 1. The molecule has 1 saturated heterocycles. The van der Waals surface area contributed by atoms with Gasteiger partial charge in [0.2, 0.25) is 5.91 Å². The summed E-state index contributed by atoms with van der Waals surface area (Å²) < 4.78 is 10.8. The van der Waals surface area contributed by atoms with Crippen LogP contribution in [0.25, 0.3) is 10.4 Å². The highest BCUT2D eigenvalue weighted by Gasteiger charge is 2.28. The first-order chi connectivity index (χ1) is 22.8. The quantitative estimate of drug-likeness (QED) is 0.0468. The van der Waals surface area contributed by atoms with E-state index < -0.39 is 11.7 Å². The Morgan fingerprint density at radius 1 is 1.12 bits per heavy atom. The molecule has 1 heterocycles. The van der Waals surface area contributed by atoms with E-state index in [2.05, 4.69) is 39.8 Å². The second kappa shape index (κ2) is 21.3. The number of nitrogens with one attached hydrogen (secondary N) is 3. The van der Waals surface area contributed by atoms with E-state index in [1.165, 1.54) is 0 Å². The molecule has 13 nitrogen and oxygen atoms in total. The molecule has 14 heteroatoms. The molecular formula is C34H54ClN7O6. The van der Waals surface area contributed by atoms with Gasteiger partial charge >= 0.3 is 18.1 Å². The Hall–Kier alpha value is -3.70. The van der Waals surface area contributed by atoms with Gasteiger partial charge < -0.3 is 30.3 Å². The number of urea groups is 1. The van der Waals surface area contributed by atoms with E-state index in [-0.39, 0.29) is 61.9 Å². The lowest BCUT2D eigenvalue weighted by Gasteiger charge is -2.26. The monoisotopic (exact) mass is 691 g/mol. The van der Waals surface area contributed by atoms with Crippen molar-refractivity contribution < 1.29 is 28.7 Å². The maximum absolute atomic E-state index is 13.1. The van der Waals surface area contributed by atoms with Crippen LogP contribution in [0.1, 0.15) is 98.0 Å². The normalized spacial score (nSPS) is 15.6. The van der Waals surface area contributed by atoms with E-state index in [0.717, 1.165) is 24.8 Å². The molecule has 268 valence electrons. The second-order valence-corrected chi connectivity index (χ2v) is 14.2. The summed E-state index contributed by atoms with van der Waals surface area (Å²) in [5.41, 5.74) is 8.84. The van der Waals surface area contributed by atoms with E-state index in [1.807, 2.05) is 26.8 Å². The number of hydrogen-bond donors (Lipinski definition) is 3. The number of carbonyl (C=O) groups is 4. The molecule has 48 heavy (non-hydrogen) atoms. The van der Waals surface area contributed by atoms with Crippen molar-refractivity contribution in [2.75, 3.05) is 26.2 Å². The van der Waals surface area contributed by atoms with Crippen molar-refractivity contribution in [3.63, 3.8) is 0 Å². The molecule has 1 fully saturated rings. The second-order valence-electron chi connectivity index (χ2n) is 13.8. The Morgan fingerprint density at radius 2 is 1.88 bits per heavy atom. The first-order valence-corrected chi connectivity index (χ1v) is 17.4. The molecule has 0 radical (unpaired) electrons. The number of likely N-dealkylation sites (tertiary alicyclic amines) is 1. The minimum atomic E-state index is -0.584. The Morgan fingerprint density at radius 3 is 2.56 bits per heavy atom. The van der Waals surface area contributed by atoms with Gasteiger partial charge in [-0.25, -0.2) is 9.59 Å². The largest absolute Gasteiger partial charge is 0.460 e. The van der Waals surface area contributed by atoms with Crippen molar-refractivity contribution in [3.05, 3.63) is 45.3 Å². The summed E-state index contributed by atoms with van der Waals surface area (Å²) in [6.45, 7) is 11.3. The van der Waals surface area contributed by atoms with Gasteiger partial charge in [0, 0.05) is 60.2 Å². The molecule has 3 atom stereocenters. The zero-order valence-electron chi connectivity index (χ0n) is 29.1. The highest BCUT2D eigenvalue weighted by molar-refractivity contribution is 6.31. The Labute approximate surface area is 289 Å². The number of esters is 1. The average Bonchev–Trinajstić information content (AvgIpc) is 3.48. The van der Waals surface area contributed by atoms with Gasteiger partial charge in [-0.3, -0.25) is 9.59 Å². The van der Waals surface area contributed by atoms with E-state index in [1.54, 1.807) is 23.1 Å². The minimum Gasteiger partial charge on any atom is -0.460 e. The summed E-state index contributed by atoms with van der Waals surface area (Å²) in [6.07, 6.45) is 4.64. The van der Waals surface area contributed by atoms with Crippen molar-refractivity contribution in [1.82, 2.24) is 20.9 Å². The van der Waals surface area contributed by atoms with Crippen molar-refractivity contribution in [1.29, 1.82) is 0 Å². The average molecular weight is 692 g/mol. The Bertz CT molecular complexity index is 1230. The maximum atomic E-state index is 13.1.